The summed E-state index contributed by atoms with van der Waals surface area (Å²) in [7, 11) is -4.13. The van der Waals surface area contributed by atoms with Crippen LogP contribution in [0.1, 0.15) is 25.7 Å². The summed E-state index contributed by atoms with van der Waals surface area (Å²) in [6.07, 6.45) is 6.55. The van der Waals surface area contributed by atoms with Crippen LogP contribution in [0.15, 0.2) is 82.6 Å². The van der Waals surface area contributed by atoms with Gasteiger partial charge in [0.15, 0.2) is 0 Å². The number of anilines is 2. The molecule has 3 aromatic rings. The molecule has 0 atom stereocenters. The van der Waals surface area contributed by atoms with Gasteiger partial charge >= 0.3 is 0 Å². The lowest BCUT2D eigenvalue weighted by Gasteiger charge is -2.24. The smallest absolute Gasteiger partial charge is 0.264 e. The van der Waals surface area contributed by atoms with Gasteiger partial charge < -0.3 is 10.1 Å². The summed E-state index contributed by atoms with van der Waals surface area (Å²) >= 11 is 1.49. The van der Waals surface area contributed by atoms with Crippen LogP contribution in [0, 0.1) is 5.82 Å². The van der Waals surface area contributed by atoms with Gasteiger partial charge in [-0.1, -0.05) is 6.07 Å². The Kier molecular flexibility index (Phi) is 7.97. The van der Waals surface area contributed by atoms with Crippen LogP contribution >= 0.6 is 11.8 Å². The molecule has 0 heterocycles. The Morgan fingerprint density at radius 2 is 1.74 bits per heavy atom. The van der Waals surface area contributed by atoms with Gasteiger partial charge in [-0.3, -0.25) is 9.10 Å². The number of sulfonamides is 1. The summed E-state index contributed by atoms with van der Waals surface area (Å²) in [5.41, 5.74) is 0.573. The number of halogens is 1. The van der Waals surface area contributed by atoms with Crippen molar-refractivity contribution in [2.75, 3.05) is 22.4 Å². The Bertz CT molecular complexity index is 1260. The summed E-state index contributed by atoms with van der Waals surface area (Å²) < 4.78 is 47.7. The summed E-state index contributed by atoms with van der Waals surface area (Å²) in [6.45, 7) is -0.517. The van der Waals surface area contributed by atoms with Crippen LogP contribution < -0.4 is 14.4 Å². The maximum Gasteiger partial charge on any atom is 0.264 e. The normalized spacial score (nSPS) is 14.0. The molecule has 6 nitrogen and oxygen atoms in total. The number of ether oxygens (including phenoxy) is 1. The number of carbonyl (C=O) groups is 1. The highest BCUT2D eigenvalue weighted by Crippen LogP contribution is 2.27. The highest BCUT2D eigenvalue weighted by Gasteiger charge is 2.27. The summed E-state index contributed by atoms with van der Waals surface area (Å²) in [6, 6.07) is 18.5. The Balaban J connectivity index is 1.52. The molecule has 1 aliphatic carbocycles. The Morgan fingerprint density at radius 3 is 2.37 bits per heavy atom. The van der Waals surface area contributed by atoms with Crippen LogP contribution in [-0.2, 0) is 14.8 Å². The topological polar surface area (TPSA) is 75.7 Å². The fourth-order valence-electron chi connectivity index (χ4n) is 3.97. The van der Waals surface area contributed by atoms with Crippen molar-refractivity contribution in [3.05, 3.63) is 78.6 Å². The van der Waals surface area contributed by atoms with E-state index in [2.05, 4.69) is 5.32 Å². The number of nitrogens with zero attached hydrogens (tertiary/aromatic N) is 1. The Labute approximate surface area is 209 Å². The zero-order chi connectivity index (χ0) is 24.8. The fraction of sp³-hybridized carbons (Fsp3) is 0.269. The van der Waals surface area contributed by atoms with Crippen LogP contribution in [-0.4, -0.2) is 33.2 Å². The summed E-state index contributed by atoms with van der Waals surface area (Å²) in [4.78, 5) is 13.8. The third kappa shape index (κ3) is 6.35. The van der Waals surface area contributed by atoms with Gasteiger partial charge in [-0.05, 0) is 98.7 Å². The molecule has 1 fully saturated rings. The molecule has 35 heavy (non-hydrogen) atoms. The summed E-state index contributed by atoms with van der Waals surface area (Å²) in [5.74, 6) is -0.422. The first-order valence-corrected chi connectivity index (χ1v) is 14.0. The molecule has 1 saturated carbocycles. The molecule has 1 N–H and O–H groups in total. The quantitative estimate of drug-likeness (QED) is 0.371. The molecular formula is C26H27FN2O4S2. The first-order valence-electron chi connectivity index (χ1n) is 11.3. The van der Waals surface area contributed by atoms with Gasteiger partial charge in [-0.15, -0.1) is 11.8 Å². The van der Waals surface area contributed by atoms with Crippen LogP contribution in [0.4, 0.5) is 15.8 Å². The van der Waals surface area contributed by atoms with E-state index in [0.717, 1.165) is 33.9 Å². The minimum absolute atomic E-state index is 0.0146. The molecule has 3 aromatic carbocycles. The number of amides is 1. The first kappa shape index (κ1) is 25.1. The predicted molar refractivity (Wildman–Crippen MR) is 137 cm³/mol. The Hall–Kier alpha value is -3.04. The van der Waals surface area contributed by atoms with Crippen molar-refractivity contribution in [2.45, 2.75) is 41.6 Å². The molecule has 184 valence electrons. The number of hydrogen-bond donors (Lipinski definition) is 1. The van der Waals surface area contributed by atoms with E-state index in [1.807, 2.05) is 6.26 Å². The molecule has 0 radical (unpaired) electrons. The SMILES string of the molecule is CSc1ccc(S(=O)(=O)N(CC(=O)Nc2ccc(OC3CCCC3)cc2)c2cccc(F)c2)cc1. The molecule has 1 aliphatic rings. The number of thioether (sulfide) groups is 1. The summed E-state index contributed by atoms with van der Waals surface area (Å²) in [5, 5.41) is 2.72. The molecule has 0 saturated heterocycles. The monoisotopic (exact) mass is 514 g/mol. The van der Waals surface area contributed by atoms with Crippen molar-refractivity contribution >= 4 is 39.1 Å². The van der Waals surface area contributed by atoms with Gasteiger partial charge in [0.05, 0.1) is 16.7 Å². The van der Waals surface area contributed by atoms with E-state index in [1.165, 1.54) is 54.9 Å². The van der Waals surface area contributed by atoms with E-state index in [0.29, 0.717) is 5.69 Å². The molecule has 0 aromatic heterocycles. The zero-order valence-corrected chi connectivity index (χ0v) is 20.9. The first-order chi connectivity index (χ1) is 16.8. The second-order valence-electron chi connectivity index (χ2n) is 8.26. The van der Waals surface area contributed by atoms with Crippen molar-refractivity contribution in [2.24, 2.45) is 0 Å². The van der Waals surface area contributed by atoms with E-state index < -0.39 is 28.3 Å². The van der Waals surface area contributed by atoms with Crippen LogP contribution in [0.5, 0.6) is 5.75 Å². The van der Waals surface area contributed by atoms with E-state index >= 15 is 0 Å². The molecule has 4 rings (SSSR count). The molecule has 1 amide bonds. The molecule has 0 aliphatic heterocycles. The standard InChI is InChI=1S/C26H27FN2O4S2/c1-34-24-13-15-25(16-14-24)35(31,32)29(21-6-4-5-19(27)17-21)18-26(30)28-20-9-11-23(12-10-20)33-22-7-2-3-8-22/h4-6,9-17,22H,2-3,7-8,18H2,1H3,(H,28,30). The average Bonchev–Trinajstić information content (AvgIpc) is 3.37. The number of rotatable bonds is 9. The van der Waals surface area contributed by atoms with Gasteiger partial charge in [0.25, 0.3) is 10.0 Å². The maximum absolute atomic E-state index is 13.9. The predicted octanol–water partition coefficient (Wildman–Crippen LogP) is 5.70. The van der Waals surface area contributed by atoms with Crippen molar-refractivity contribution in [1.82, 2.24) is 0 Å². The van der Waals surface area contributed by atoms with E-state index in [1.54, 1.807) is 36.4 Å². The minimum Gasteiger partial charge on any atom is -0.490 e. The molecular weight excluding hydrogens is 487 g/mol. The largest absolute Gasteiger partial charge is 0.490 e. The molecule has 0 spiro atoms. The second kappa shape index (κ2) is 11.1. The maximum atomic E-state index is 13.9. The second-order valence-corrected chi connectivity index (χ2v) is 11.0. The van der Waals surface area contributed by atoms with E-state index in [-0.39, 0.29) is 16.7 Å². The number of hydrogen-bond acceptors (Lipinski definition) is 5. The third-order valence-corrected chi connectivity index (χ3v) is 8.31. The molecule has 0 bridgehead atoms. The van der Waals surface area contributed by atoms with Gasteiger partial charge in [0, 0.05) is 10.6 Å². The minimum atomic E-state index is -4.13. The Morgan fingerprint density at radius 1 is 1.06 bits per heavy atom. The lowest BCUT2D eigenvalue weighted by Crippen LogP contribution is -2.38. The van der Waals surface area contributed by atoms with Crippen LogP contribution in [0.25, 0.3) is 0 Å². The van der Waals surface area contributed by atoms with Crippen molar-refractivity contribution in [3.8, 4) is 5.75 Å². The number of carbonyl (C=O) groups excluding carboxylic acids is 1. The van der Waals surface area contributed by atoms with E-state index in [9.17, 15) is 17.6 Å². The van der Waals surface area contributed by atoms with Crippen LogP contribution in [0.3, 0.4) is 0 Å². The van der Waals surface area contributed by atoms with Gasteiger partial charge in [0.1, 0.15) is 18.1 Å². The molecule has 0 unspecified atom stereocenters. The zero-order valence-electron chi connectivity index (χ0n) is 19.3. The highest BCUT2D eigenvalue weighted by molar-refractivity contribution is 7.98. The lowest BCUT2D eigenvalue weighted by molar-refractivity contribution is -0.114. The van der Waals surface area contributed by atoms with Gasteiger partial charge in [-0.25, -0.2) is 12.8 Å². The van der Waals surface area contributed by atoms with Crippen molar-refractivity contribution < 1.29 is 22.3 Å². The molecule has 9 heteroatoms. The average molecular weight is 515 g/mol. The lowest BCUT2D eigenvalue weighted by atomic mass is 10.2. The van der Waals surface area contributed by atoms with Crippen molar-refractivity contribution in [1.29, 1.82) is 0 Å². The third-order valence-electron chi connectivity index (χ3n) is 5.77. The fourth-order valence-corrected chi connectivity index (χ4v) is 5.79. The van der Waals surface area contributed by atoms with E-state index in [4.69, 9.17) is 4.74 Å². The van der Waals surface area contributed by atoms with Crippen LogP contribution in [0.2, 0.25) is 0 Å². The number of nitrogens with one attached hydrogen (secondary N) is 1. The van der Waals surface area contributed by atoms with Crippen molar-refractivity contribution in [3.63, 3.8) is 0 Å². The number of benzene rings is 3. The van der Waals surface area contributed by atoms with Gasteiger partial charge in [0.2, 0.25) is 5.91 Å². The van der Waals surface area contributed by atoms with Gasteiger partial charge in [-0.2, -0.15) is 0 Å². The highest BCUT2D eigenvalue weighted by atomic mass is 32.2.